The Morgan fingerprint density at radius 2 is 1.90 bits per heavy atom. The van der Waals surface area contributed by atoms with Gasteiger partial charge >= 0.3 is 5.97 Å². The van der Waals surface area contributed by atoms with Gasteiger partial charge < -0.3 is 4.74 Å². The third-order valence-corrected chi connectivity index (χ3v) is 4.61. The SMILES string of the molecule is COC(=O)c1nc(-c2ccc(SC)cc2)sc1C(C)=O. The highest BCUT2D eigenvalue weighted by molar-refractivity contribution is 7.98. The van der Waals surface area contributed by atoms with Gasteiger partial charge in [0.05, 0.1) is 7.11 Å². The van der Waals surface area contributed by atoms with Gasteiger partial charge in [-0.15, -0.1) is 23.1 Å². The summed E-state index contributed by atoms with van der Waals surface area (Å²) in [6.07, 6.45) is 2.00. The molecule has 20 heavy (non-hydrogen) atoms. The first-order valence-electron chi connectivity index (χ1n) is 5.81. The summed E-state index contributed by atoms with van der Waals surface area (Å²) in [4.78, 5) is 29.0. The van der Waals surface area contributed by atoms with Gasteiger partial charge in [0.25, 0.3) is 0 Å². The zero-order valence-corrected chi connectivity index (χ0v) is 12.9. The number of benzene rings is 1. The fraction of sp³-hybridized carbons (Fsp3) is 0.214. The summed E-state index contributed by atoms with van der Waals surface area (Å²) in [5.74, 6) is -0.770. The Labute approximate surface area is 125 Å². The maximum Gasteiger partial charge on any atom is 0.358 e. The molecule has 1 aromatic heterocycles. The Balaban J connectivity index is 2.46. The molecule has 1 aromatic carbocycles. The zero-order valence-electron chi connectivity index (χ0n) is 11.3. The molecule has 0 amide bonds. The van der Waals surface area contributed by atoms with Crippen molar-refractivity contribution in [2.24, 2.45) is 0 Å². The summed E-state index contributed by atoms with van der Waals surface area (Å²) >= 11 is 2.86. The van der Waals surface area contributed by atoms with E-state index in [2.05, 4.69) is 9.72 Å². The fourth-order valence-electron chi connectivity index (χ4n) is 1.65. The van der Waals surface area contributed by atoms with Crippen LogP contribution in [0.15, 0.2) is 29.2 Å². The Bertz CT molecular complexity index is 647. The highest BCUT2D eigenvalue weighted by Crippen LogP contribution is 2.30. The van der Waals surface area contributed by atoms with Crippen molar-refractivity contribution in [2.45, 2.75) is 11.8 Å². The first-order valence-corrected chi connectivity index (χ1v) is 7.85. The van der Waals surface area contributed by atoms with Crippen LogP contribution >= 0.6 is 23.1 Å². The van der Waals surface area contributed by atoms with Crippen LogP contribution in [-0.2, 0) is 4.74 Å². The van der Waals surface area contributed by atoms with E-state index in [1.807, 2.05) is 30.5 Å². The number of thiazole rings is 1. The molecule has 0 spiro atoms. The second-order valence-corrected chi connectivity index (χ2v) is 5.85. The van der Waals surface area contributed by atoms with E-state index in [9.17, 15) is 9.59 Å². The third-order valence-electron chi connectivity index (χ3n) is 2.66. The average molecular weight is 307 g/mol. The number of aromatic nitrogens is 1. The number of thioether (sulfide) groups is 1. The first-order chi connectivity index (χ1) is 9.56. The van der Waals surface area contributed by atoms with Gasteiger partial charge in [0.15, 0.2) is 11.5 Å². The number of Topliss-reactive ketones (excluding diaryl/α,β-unsaturated/α-hetero) is 1. The molecule has 1 heterocycles. The molecule has 0 aliphatic heterocycles. The van der Waals surface area contributed by atoms with Crippen molar-refractivity contribution in [3.63, 3.8) is 0 Å². The average Bonchev–Trinajstić information content (AvgIpc) is 2.92. The maximum absolute atomic E-state index is 11.7. The fourth-order valence-corrected chi connectivity index (χ4v) is 3.01. The van der Waals surface area contributed by atoms with Crippen LogP contribution < -0.4 is 0 Å². The van der Waals surface area contributed by atoms with Crippen LogP contribution in [0.4, 0.5) is 0 Å². The van der Waals surface area contributed by atoms with Crippen LogP contribution in [0, 0.1) is 0 Å². The van der Waals surface area contributed by atoms with Gasteiger partial charge in [0.1, 0.15) is 9.88 Å². The number of ether oxygens (including phenoxy) is 1. The molecule has 0 unspecified atom stereocenters. The Morgan fingerprint density at radius 1 is 1.25 bits per heavy atom. The maximum atomic E-state index is 11.7. The smallest absolute Gasteiger partial charge is 0.358 e. The lowest BCUT2D eigenvalue weighted by molar-refractivity contribution is 0.0591. The lowest BCUT2D eigenvalue weighted by Gasteiger charge is -1.98. The lowest BCUT2D eigenvalue weighted by atomic mass is 10.2. The number of ketones is 1. The number of hydrogen-bond donors (Lipinski definition) is 0. The lowest BCUT2D eigenvalue weighted by Crippen LogP contribution is -2.06. The van der Waals surface area contributed by atoms with E-state index in [1.165, 1.54) is 25.4 Å². The Hall–Kier alpha value is -1.66. The van der Waals surface area contributed by atoms with Crippen LogP contribution in [0.1, 0.15) is 27.1 Å². The van der Waals surface area contributed by atoms with E-state index in [0.717, 1.165) is 10.5 Å². The number of hydrogen-bond acceptors (Lipinski definition) is 6. The van der Waals surface area contributed by atoms with E-state index in [-0.39, 0.29) is 11.5 Å². The summed E-state index contributed by atoms with van der Waals surface area (Å²) in [5.41, 5.74) is 0.972. The van der Waals surface area contributed by atoms with Crippen LogP contribution in [0.25, 0.3) is 10.6 Å². The molecular formula is C14H13NO3S2. The zero-order chi connectivity index (χ0) is 14.7. The number of methoxy groups -OCH3 is 1. The van der Waals surface area contributed by atoms with Crippen molar-refractivity contribution in [3.8, 4) is 10.6 Å². The standard InChI is InChI=1S/C14H13NO3S2/c1-8(16)12-11(14(17)18-2)15-13(20-12)9-4-6-10(19-3)7-5-9/h4-7H,1-3H3. The highest BCUT2D eigenvalue weighted by atomic mass is 32.2. The molecule has 0 atom stereocenters. The topological polar surface area (TPSA) is 56.3 Å². The van der Waals surface area contributed by atoms with Gasteiger partial charge in [-0.3, -0.25) is 4.79 Å². The number of carbonyl (C=O) groups is 2. The molecular weight excluding hydrogens is 294 g/mol. The van der Waals surface area contributed by atoms with Crippen molar-refractivity contribution in [1.82, 2.24) is 4.98 Å². The number of rotatable bonds is 4. The molecule has 2 aromatic rings. The predicted octanol–water partition coefficient (Wildman–Crippen LogP) is 3.52. The molecule has 4 nitrogen and oxygen atoms in total. The molecule has 2 rings (SSSR count). The van der Waals surface area contributed by atoms with Crippen molar-refractivity contribution in [3.05, 3.63) is 34.8 Å². The van der Waals surface area contributed by atoms with Crippen LogP contribution in [0.5, 0.6) is 0 Å². The Kier molecular flexibility index (Phi) is 4.57. The summed E-state index contributed by atoms with van der Waals surface area (Å²) in [6, 6.07) is 7.81. The monoisotopic (exact) mass is 307 g/mol. The highest BCUT2D eigenvalue weighted by Gasteiger charge is 2.22. The summed E-state index contributed by atoms with van der Waals surface area (Å²) in [6.45, 7) is 1.42. The molecule has 0 N–H and O–H groups in total. The quantitative estimate of drug-likeness (QED) is 0.491. The second-order valence-electron chi connectivity index (χ2n) is 3.97. The van der Waals surface area contributed by atoms with Crippen molar-refractivity contribution in [2.75, 3.05) is 13.4 Å². The number of carbonyl (C=O) groups excluding carboxylic acids is 2. The Morgan fingerprint density at radius 3 is 2.40 bits per heavy atom. The van der Waals surface area contributed by atoms with Crippen molar-refractivity contribution < 1.29 is 14.3 Å². The second kappa shape index (κ2) is 6.19. The first kappa shape index (κ1) is 14.7. The predicted molar refractivity (Wildman–Crippen MR) is 80.7 cm³/mol. The van der Waals surface area contributed by atoms with Crippen molar-refractivity contribution in [1.29, 1.82) is 0 Å². The van der Waals surface area contributed by atoms with Gasteiger partial charge in [-0.2, -0.15) is 0 Å². The molecule has 104 valence electrons. The van der Waals surface area contributed by atoms with Crippen LogP contribution in [-0.4, -0.2) is 30.1 Å². The van der Waals surface area contributed by atoms with Crippen molar-refractivity contribution >= 4 is 34.9 Å². The van der Waals surface area contributed by atoms with Crippen LogP contribution in [0.3, 0.4) is 0 Å². The summed E-state index contributed by atoms with van der Waals surface area (Å²) in [5, 5.41) is 0.642. The van der Waals surface area contributed by atoms with Crippen LogP contribution in [0.2, 0.25) is 0 Å². The normalized spacial score (nSPS) is 10.3. The number of nitrogens with zero attached hydrogens (tertiary/aromatic N) is 1. The van der Waals surface area contributed by atoms with E-state index < -0.39 is 5.97 Å². The molecule has 0 aliphatic rings. The molecule has 0 saturated heterocycles. The van der Waals surface area contributed by atoms with Gasteiger partial charge in [-0.25, -0.2) is 9.78 Å². The molecule has 0 fully saturated rings. The molecule has 0 saturated carbocycles. The minimum atomic E-state index is -0.585. The number of esters is 1. The molecule has 0 bridgehead atoms. The summed E-state index contributed by atoms with van der Waals surface area (Å²) < 4.78 is 4.66. The minimum Gasteiger partial charge on any atom is -0.464 e. The molecule has 0 aliphatic carbocycles. The largest absolute Gasteiger partial charge is 0.464 e. The van der Waals surface area contributed by atoms with E-state index >= 15 is 0 Å². The molecule has 0 radical (unpaired) electrons. The van der Waals surface area contributed by atoms with E-state index in [1.54, 1.807) is 11.8 Å². The molecule has 6 heteroatoms. The van der Waals surface area contributed by atoms with Gasteiger partial charge in [0, 0.05) is 17.4 Å². The van der Waals surface area contributed by atoms with Gasteiger partial charge in [-0.05, 0) is 18.4 Å². The van der Waals surface area contributed by atoms with E-state index in [0.29, 0.717) is 9.88 Å². The minimum absolute atomic E-state index is 0.0916. The van der Waals surface area contributed by atoms with Gasteiger partial charge in [0.2, 0.25) is 0 Å². The van der Waals surface area contributed by atoms with E-state index in [4.69, 9.17) is 0 Å². The van der Waals surface area contributed by atoms with Gasteiger partial charge in [-0.1, -0.05) is 12.1 Å². The third kappa shape index (κ3) is 2.91. The summed E-state index contributed by atoms with van der Waals surface area (Å²) in [7, 11) is 1.28.